The van der Waals surface area contributed by atoms with Gasteiger partial charge in [0.2, 0.25) is 5.91 Å². The van der Waals surface area contributed by atoms with Crippen LogP contribution in [0, 0.1) is 5.92 Å². The minimum absolute atomic E-state index is 0.156. The molecule has 1 aromatic rings. The van der Waals surface area contributed by atoms with Crippen molar-refractivity contribution < 1.29 is 14.6 Å². The van der Waals surface area contributed by atoms with Crippen molar-refractivity contribution in [1.29, 1.82) is 0 Å². The Bertz CT molecular complexity index is 464. The molecule has 1 atom stereocenters. The van der Waals surface area contributed by atoms with Crippen molar-refractivity contribution in [2.24, 2.45) is 5.92 Å². The Kier molecular flexibility index (Phi) is 4.66. The molecule has 0 aromatic heterocycles. The normalized spacial score (nSPS) is 19.2. The molecule has 0 unspecified atom stereocenters. The molecule has 2 rings (SSSR count). The van der Waals surface area contributed by atoms with Crippen molar-refractivity contribution in [3.05, 3.63) is 28.8 Å². The van der Waals surface area contributed by atoms with Gasteiger partial charge in [0.25, 0.3) is 0 Å². The van der Waals surface area contributed by atoms with Gasteiger partial charge in [0.05, 0.1) is 6.61 Å². The van der Waals surface area contributed by atoms with Crippen LogP contribution in [0.4, 0.5) is 0 Å². The molecule has 0 radical (unpaired) electrons. The van der Waals surface area contributed by atoms with Gasteiger partial charge in [0.15, 0.2) is 0 Å². The lowest BCUT2D eigenvalue weighted by atomic mass is 9.98. The van der Waals surface area contributed by atoms with Gasteiger partial charge in [-0.1, -0.05) is 11.6 Å². The topological polar surface area (TPSA) is 49.8 Å². The molecule has 1 amide bonds. The fourth-order valence-corrected chi connectivity index (χ4v) is 2.63. The second kappa shape index (κ2) is 6.26. The summed E-state index contributed by atoms with van der Waals surface area (Å²) in [4.78, 5) is 13.6. The maximum absolute atomic E-state index is 11.8. The summed E-state index contributed by atoms with van der Waals surface area (Å²) in [6.07, 6.45) is 1.19. The van der Waals surface area contributed by atoms with Crippen LogP contribution >= 0.6 is 11.6 Å². The highest BCUT2D eigenvalue weighted by Crippen LogP contribution is 2.28. The van der Waals surface area contributed by atoms with Crippen LogP contribution < -0.4 is 0 Å². The number of rotatable bonds is 5. The van der Waals surface area contributed by atoms with Crippen LogP contribution in [0.3, 0.4) is 0 Å². The van der Waals surface area contributed by atoms with Gasteiger partial charge in [-0.2, -0.15) is 0 Å². The first kappa shape index (κ1) is 14.2. The molecule has 1 heterocycles. The monoisotopic (exact) mass is 283 g/mol. The number of likely N-dealkylation sites (tertiary alicyclic amines) is 1. The first-order valence-electron chi connectivity index (χ1n) is 6.34. The fraction of sp³-hybridized carbons (Fsp3) is 0.500. The molecule has 1 N–H and O–H groups in total. The van der Waals surface area contributed by atoms with E-state index in [2.05, 4.69) is 0 Å². The third-order valence-electron chi connectivity index (χ3n) is 3.41. The molecule has 1 saturated heterocycles. The van der Waals surface area contributed by atoms with Gasteiger partial charge in [-0.3, -0.25) is 4.79 Å². The minimum Gasteiger partial charge on any atom is -0.508 e. The Balaban J connectivity index is 1.97. The van der Waals surface area contributed by atoms with Crippen molar-refractivity contribution in [2.75, 3.05) is 26.8 Å². The zero-order valence-corrected chi connectivity index (χ0v) is 11.7. The predicted octanol–water partition coefficient (Wildman–Crippen LogP) is 2.08. The molecule has 19 heavy (non-hydrogen) atoms. The van der Waals surface area contributed by atoms with E-state index in [9.17, 15) is 9.90 Å². The summed E-state index contributed by atoms with van der Waals surface area (Å²) in [7, 11) is 1.63. The number of hydrogen-bond donors (Lipinski definition) is 1. The Morgan fingerprint density at radius 2 is 2.32 bits per heavy atom. The Hall–Kier alpha value is -1.26. The molecular weight excluding hydrogens is 266 g/mol. The lowest BCUT2D eigenvalue weighted by Gasteiger charge is -2.16. The predicted molar refractivity (Wildman–Crippen MR) is 73.4 cm³/mol. The molecule has 0 spiro atoms. The molecule has 0 bridgehead atoms. The summed E-state index contributed by atoms with van der Waals surface area (Å²) in [5.41, 5.74) is 0.805. The molecule has 1 aliphatic rings. The lowest BCUT2D eigenvalue weighted by molar-refractivity contribution is -0.128. The number of carbonyl (C=O) groups excluding carboxylic acids is 1. The zero-order valence-electron chi connectivity index (χ0n) is 10.9. The van der Waals surface area contributed by atoms with Gasteiger partial charge in [0.1, 0.15) is 5.75 Å². The number of amides is 1. The van der Waals surface area contributed by atoms with Crippen LogP contribution in [0.1, 0.15) is 12.0 Å². The standard InChI is InChI=1S/C14H18ClNO3/c1-19-5-4-16-9-10(7-14(16)18)6-11-8-12(15)2-3-13(11)17/h2-3,8,10,17H,4-7,9H2,1H3/t10-/m0/s1. The van der Waals surface area contributed by atoms with E-state index in [1.807, 2.05) is 4.90 Å². The SMILES string of the molecule is COCCN1C[C@@H](Cc2cc(Cl)ccc2O)CC1=O. The number of hydrogen-bond acceptors (Lipinski definition) is 3. The summed E-state index contributed by atoms with van der Waals surface area (Å²) >= 11 is 5.92. The van der Waals surface area contributed by atoms with E-state index in [1.54, 1.807) is 25.3 Å². The molecule has 1 aliphatic heterocycles. The molecule has 0 aliphatic carbocycles. The average Bonchev–Trinajstić information content (AvgIpc) is 2.72. The smallest absolute Gasteiger partial charge is 0.223 e. The van der Waals surface area contributed by atoms with Gasteiger partial charge in [0, 0.05) is 31.6 Å². The van der Waals surface area contributed by atoms with Crippen LogP contribution in [-0.2, 0) is 16.0 Å². The first-order valence-corrected chi connectivity index (χ1v) is 6.72. The second-order valence-corrected chi connectivity index (χ2v) is 5.32. The second-order valence-electron chi connectivity index (χ2n) is 4.88. The third kappa shape index (κ3) is 3.61. The van der Waals surface area contributed by atoms with Crippen LogP contribution in [0.15, 0.2) is 18.2 Å². The van der Waals surface area contributed by atoms with Crippen molar-refractivity contribution in [3.8, 4) is 5.75 Å². The Labute approximate surface area is 117 Å². The average molecular weight is 284 g/mol. The number of phenols is 1. The van der Waals surface area contributed by atoms with Gasteiger partial charge < -0.3 is 14.7 Å². The van der Waals surface area contributed by atoms with Crippen molar-refractivity contribution in [2.45, 2.75) is 12.8 Å². The van der Waals surface area contributed by atoms with Gasteiger partial charge >= 0.3 is 0 Å². The highest BCUT2D eigenvalue weighted by Gasteiger charge is 2.29. The number of benzene rings is 1. The number of ether oxygens (including phenoxy) is 1. The van der Waals surface area contributed by atoms with E-state index in [1.165, 1.54) is 0 Å². The molecule has 4 nitrogen and oxygen atoms in total. The highest BCUT2D eigenvalue weighted by atomic mass is 35.5. The van der Waals surface area contributed by atoms with Crippen LogP contribution in [0.25, 0.3) is 0 Å². The van der Waals surface area contributed by atoms with Crippen molar-refractivity contribution in [3.63, 3.8) is 0 Å². The summed E-state index contributed by atoms with van der Waals surface area (Å²) in [6.45, 7) is 1.91. The Morgan fingerprint density at radius 3 is 3.05 bits per heavy atom. The van der Waals surface area contributed by atoms with Gasteiger partial charge in [-0.25, -0.2) is 0 Å². The van der Waals surface area contributed by atoms with E-state index in [0.29, 0.717) is 37.6 Å². The minimum atomic E-state index is 0.156. The molecule has 104 valence electrons. The van der Waals surface area contributed by atoms with E-state index in [-0.39, 0.29) is 17.6 Å². The largest absolute Gasteiger partial charge is 0.508 e. The number of halogens is 1. The third-order valence-corrected chi connectivity index (χ3v) is 3.65. The summed E-state index contributed by atoms with van der Waals surface area (Å²) in [5.74, 6) is 0.629. The van der Waals surface area contributed by atoms with E-state index >= 15 is 0 Å². The number of phenolic OH excluding ortho intramolecular Hbond substituents is 1. The van der Waals surface area contributed by atoms with Gasteiger partial charge in [-0.05, 0) is 36.1 Å². The number of methoxy groups -OCH3 is 1. The quantitative estimate of drug-likeness (QED) is 0.900. The summed E-state index contributed by atoms with van der Waals surface area (Å²) < 4.78 is 4.99. The summed E-state index contributed by atoms with van der Waals surface area (Å²) in [5, 5.41) is 10.4. The molecule has 5 heteroatoms. The highest BCUT2D eigenvalue weighted by molar-refractivity contribution is 6.30. The maximum Gasteiger partial charge on any atom is 0.223 e. The Morgan fingerprint density at radius 1 is 1.53 bits per heavy atom. The maximum atomic E-state index is 11.8. The van der Waals surface area contributed by atoms with Crippen molar-refractivity contribution >= 4 is 17.5 Å². The van der Waals surface area contributed by atoms with Crippen LogP contribution in [0.2, 0.25) is 5.02 Å². The first-order chi connectivity index (χ1) is 9.10. The van der Waals surface area contributed by atoms with Crippen molar-refractivity contribution in [1.82, 2.24) is 4.90 Å². The summed E-state index contributed by atoms with van der Waals surface area (Å²) in [6, 6.07) is 5.02. The number of aromatic hydroxyl groups is 1. The van der Waals surface area contributed by atoms with E-state index < -0.39 is 0 Å². The zero-order chi connectivity index (χ0) is 13.8. The van der Waals surface area contributed by atoms with Crippen LogP contribution in [0.5, 0.6) is 5.75 Å². The molecule has 1 aromatic carbocycles. The number of carbonyl (C=O) groups is 1. The fourth-order valence-electron chi connectivity index (χ4n) is 2.44. The lowest BCUT2D eigenvalue weighted by Crippen LogP contribution is -2.28. The van der Waals surface area contributed by atoms with Gasteiger partial charge in [-0.15, -0.1) is 0 Å². The van der Waals surface area contributed by atoms with E-state index in [4.69, 9.17) is 16.3 Å². The molecule has 1 fully saturated rings. The van der Waals surface area contributed by atoms with E-state index in [0.717, 1.165) is 5.56 Å². The van der Waals surface area contributed by atoms with Crippen LogP contribution in [-0.4, -0.2) is 42.7 Å². The number of nitrogens with zero attached hydrogens (tertiary/aromatic N) is 1. The molecule has 0 saturated carbocycles. The molecular formula is C14H18ClNO3.